The number of nitrogens with zero attached hydrogens (tertiary/aromatic N) is 2. The maximum absolute atomic E-state index is 11.9. The van der Waals surface area contributed by atoms with Crippen molar-refractivity contribution in [2.45, 2.75) is 12.8 Å². The third kappa shape index (κ3) is 5.55. The number of benzene rings is 1. The summed E-state index contributed by atoms with van der Waals surface area (Å²) in [6.45, 7) is 3.75. The van der Waals surface area contributed by atoms with Crippen molar-refractivity contribution >= 4 is 48.0 Å². The molecule has 4 nitrogen and oxygen atoms in total. The molecule has 0 aromatic heterocycles. The quantitative estimate of drug-likeness (QED) is 0.904. The number of carbonyl (C=O) groups excluding carboxylic acids is 1. The van der Waals surface area contributed by atoms with Crippen LogP contribution in [0.4, 0.5) is 5.69 Å². The van der Waals surface area contributed by atoms with Crippen LogP contribution in [0.15, 0.2) is 24.3 Å². The summed E-state index contributed by atoms with van der Waals surface area (Å²) in [6.07, 6.45) is 1.33. The van der Waals surface area contributed by atoms with Crippen LogP contribution in [0.1, 0.15) is 12.8 Å². The number of halogens is 3. The monoisotopic (exact) mass is 353 g/mol. The molecule has 0 aliphatic carbocycles. The van der Waals surface area contributed by atoms with Crippen molar-refractivity contribution in [3.05, 3.63) is 29.3 Å². The van der Waals surface area contributed by atoms with Crippen molar-refractivity contribution < 1.29 is 4.79 Å². The average Bonchev–Trinajstić information content (AvgIpc) is 2.45. The minimum atomic E-state index is 0. The first-order valence-electron chi connectivity index (χ1n) is 6.69. The highest BCUT2D eigenvalue weighted by molar-refractivity contribution is 6.33. The summed E-state index contributed by atoms with van der Waals surface area (Å²) >= 11 is 6.19. The number of rotatable bonds is 4. The Morgan fingerprint density at radius 1 is 1.14 bits per heavy atom. The first-order chi connectivity index (χ1) is 9.22. The van der Waals surface area contributed by atoms with Gasteiger partial charge in [-0.3, -0.25) is 4.79 Å². The molecule has 2 N–H and O–H groups in total. The van der Waals surface area contributed by atoms with E-state index >= 15 is 0 Å². The Hall–Kier alpha value is -0.680. The van der Waals surface area contributed by atoms with Gasteiger partial charge >= 0.3 is 0 Å². The fourth-order valence-electron chi connectivity index (χ4n) is 2.32. The number of carbonyl (C=O) groups is 1. The maximum Gasteiger partial charge on any atom is 0.222 e. The maximum atomic E-state index is 11.9. The van der Waals surface area contributed by atoms with Gasteiger partial charge in [-0.2, -0.15) is 0 Å². The second-order valence-corrected chi connectivity index (χ2v) is 5.12. The van der Waals surface area contributed by atoms with E-state index in [1.807, 2.05) is 29.2 Å². The summed E-state index contributed by atoms with van der Waals surface area (Å²) in [6, 6.07) is 7.84. The second-order valence-electron chi connectivity index (χ2n) is 4.71. The van der Waals surface area contributed by atoms with Gasteiger partial charge in [-0.1, -0.05) is 23.7 Å². The van der Waals surface area contributed by atoms with Gasteiger partial charge in [-0.25, -0.2) is 0 Å². The van der Waals surface area contributed by atoms with E-state index in [1.165, 1.54) is 0 Å². The molecule has 2 rings (SSSR count). The average molecular weight is 355 g/mol. The molecule has 1 aliphatic heterocycles. The highest BCUT2D eigenvalue weighted by Crippen LogP contribution is 2.26. The molecule has 0 bridgehead atoms. The molecule has 0 unspecified atom stereocenters. The van der Waals surface area contributed by atoms with Crippen LogP contribution in [-0.2, 0) is 4.79 Å². The molecule has 120 valence electrons. The van der Waals surface area contributed by atoms with E-state index in [0.717, 1.165) is 43.3 Å². The Bertz CT molecular complexity index is 437. The third-order valence-corrected chi connectivity index (χ3v) is 3.74. The Balaban J connectivity index is 0.00000200. The molecule has 1 aliphatic rings. The zero-order valence-electron chi connectivity index (χ0n) is 11.8. The Kier molecular flexibility index (Phi) is 9.79. The Labute approximate surface area is 143 Å². The first-order valence-corrected chi connectivity index (χ1v) is 7.07. The van der Waals surface area contributed by atoms with Gasteiger partial charge in [0.1, 0.15) is 0 Å². The zero-order valence-corrected chi connectivity index (χ0v) is 14.2. The Morgan fingerprint density at radius 2 is 1.76 bits per heavy atom. The van der Waals surface area contributed by atoms with Crippen molar-refractivity contribution in [1.29, 1.82) is 0 Å². The molecule has 1 amide bonds. The van der Waals surface area contributed by atoms with Gasteiger partial charge in [-0.15, -0.1) is 24.8 Å². The van der Waals surface area contributed by atoms with Crippen molar-refractivity contribution in [2.24, 2.45) is 5.73 Å². The number of hydrogen-bond donors (Lipinski definition) is 1. The number of para-hydroxylation sites is 1. The van der Waals surface area contributed by atoms with Crippen LogP contribution in [-0.4, -0.2) is 43.5 Å². The molecule has 0 atom stereocenters. The summed E-state index contributed by atoms with van der Waals surface area (Å²) < 4.78 is 0. The lowest BCUT2D eigenvalue weighted by Gasteiger charge is -2.36. The molecular weight excluding hydrogens is 333 g/mol. The van der Waals surface area contributed by atoms with Crippen LogP contribution in [0.3, 0.4) is 0 Å². The van der Waals surface area contributed by atoms with Gasteiger partial charge < -0.3 is 15.5 Å². The van der Waals surface area contributed by atoms with Crippen LogP contribution in [0.2, 0.25) is 5.02 Å². The number of piperazine rings is 1. The summed E-state index contributed by atoms with van der Waals surface area (Å²) in [5, 5.41) is 0.769. The molecule has 1 heterocycles. The number of nitrogens with two attached hydrogens (primary N) is 1. The molecule has 1 saturated heterocycles. The third-order valence-electron chi connectivity index (χ3n) is 3.42. The number of anilines is 1. The summed E-state index contributed by atoms with van der Waals surface area (Å²) in [5.74, 6) is 0.212. The van der Waals surface area contributed by atoms with Gasteiger partial charge in [0, 0.05) is 32.6 Å². The van der Waals surface area contributed by atoms with Gasteiger partial charge in [0.05, 0.1) is 10.7 Å². The first kappa shape index (κ1) is 20.3. The van der Waals surface area contributed by atoms with Crippen LogP contribution in [0.5, 0.6) is 0 Å². The summed E-state index contributed by atoms with van der Waals surface area (Å²) in [4.78, 5) is 16.0. The molecule has 21 heavy (non-hydrogen) atoms. The van der Waals surface area contributed by atoms with E-state index in [2.05, 4.69) is 4.90 Å². The normalized spacial score (nSPS) is 14.2. The van der Waals surface area contributed by atoms with E-state index in [4.69, 9.17) is 17.3 Å². The highest BCUT2D eigenvalue weighted by atomic mass is 35.5. The molecule has 0 saturated carbocycles. The Morgan fingerprint density at radius 3 is 2.33 bits per heavy atom. The lowest BCUT2D eigenvalue weighted by Crippen LogP contribution is -2.48. The predicted octanol–water partition coefficient (Wildman–Crippen LogP) is 2.57. The van der Waals surface area contributed by atoms with Gasteiger partial charge in [-0.05, 0) is 25.1 Å². The highest BCUT2D eigenvalue weighted by Gasteiger charge is 2.21. The van der Waals surface area contributed by atoms with E-state index in [9.17, 15) is 4.79 Å². The van der Waals surface area contributed by atoms with Crippen molar-refractivity contribution in [3.8, 4) is 0 Å². The fraction of sp³-hybridized carbons (Fsp3) is 0.500. The lowest BCUT2D eigenvalue weighted by atomic mass is 10.2. The summed E-state index contributed by atoms with van der Waals surface area (Å²) in [7, 11) is 0. The molecule has 7 heteroatoms. The molecule has 1 fully saturated rings. The van der Waals surface area contributed by atoms with E-state index in [0.29, 0.717) is 13.0 Å². The van der Waals surface area contributed by atoms with E-state index in [1.54, 1.807) is 0 Å². The minimum absolute atomic E-state index is 0. The van der Waals surface area contributed by atoms with E-state index in [-0.39, 0.29) is 30.7 Å². The van der Waals surface area contributed by atoms with Crippen molar-refractivity contribution in [1.82, 2.24) is 4.90 Å². The minimum Gasteiger partial charge on any atom is -0.367 e. The second kappa shape index (κ2) is 10.1. The van der Waals surface area contributed by atoms with Crippen LogP contribution in [0.25, 0.3) is 0 Å². The fourth-order valence-corrected chi connectivity index (χ4v) is 2.57. The van der Waals surface area contributed by atoms with Gasteiger partial charge in [0.2, 0.25) is 5.91 Å². The van der Waals surface area contributed by atoms with Crippen molar-refractivity contribution in [2.75, 3.05) is 37.6 Å². The van der Waals surface area contributed by atoms with E-state index < -0.39 is 0 Å². The molecule has 1 aromatic carbocycles. The molecule has 1 aromatic rings. The predicted molar refractivity (Wildman–Crippen MR) is 93.0 cm³/mol. The topological polar surface area (TPSA) is 49.6 Å². The van der Waals surface area contributed by atoms with Crippen LogP contribution >= 0.6 is 36.4 Å². The lowest BCUT2D eigenvalue weighted by molar-refractivity contribution is -0.131. The van der Waals surface area contributed by atoms with Gasteiger partial charge in [0.25, 0.3) is 0 Å². The SMILES string of the molecule is Cl.Cl.NCCCC(=O)N1CCN(c2ccccc2Cl)CC1. The van der Waals surface area contributed by atoms with Crippen LogP contribution in [0, 0.1) is 0 Å². The zero-order chi connectivity index (χ0) is 13.7. The summed E-state index contributed by atoms with van der Waals surface area (Å²) in [5.41, 5.74) is 6.48. The number of amides is 1. The van der Waals surface area contributed by atoms with Crippen LogP contribution < -0.4 is 10.6 Å². The standard InChI is InChI=1S/C14H20ClN3O.2ClH/c15-12-4-1-2-5-13(12)17-8-10-18(11-9-17)14(19)6-3-7-16;;/h1-2,4-5H,3,6-11,16H2;2*1H. The largest absolute Gasteiger partial charge is 0.367 e. The molecular formula is C14H22Cl3N3O. The van der Waals surface area contributed by atoms with Crippen molar-refractivity contribution in [3.63, 3.8) is 0 Å². The molecule has 0 radical (unpaired) electrons. The number of hydrogen-bond acceptors (Lipinski definition) is 3. The molecule has 0 spiro atoms. The smallest absolute Gasteiger partial charge is 0.222 e. The van der Waals surface area contributed by atoms with Gasteiger partial charge in [0.15, 0.2) is 0 Å².